The number of rotatable bonds is 5. The summed E-state index contributed by atoms with van der Waals surface area (Å²) in [7, 11) is 0. The predicted octanol–water partition coefficient (Wildman–Crippen LogP) is 0.903. The summed E-state index contributed by atoms with van der Waals surface area (Å²) < 4.78 is 0. The number of thioether (sulfide) groups is 1. The van der Waals surface area contributed by atoms with Crippen LogP contribution in [0, 0.1) is 5.92 Å². The fraction of sp³-hybridized carbons (Fsp3) is 0.857. The van der Waals surface area contributed by atoms with Crippen LogP contribution in [-0.2, 0) is 4.79 Å². The van der Waals surface area contributed by atoms with Gasteiger partial charge in [0.05, 0.1) is 5.75 Å². The Morgan fingerprint density at radius 1 is 1.60 bits per heavy atom. The minimum atomic E-state index is 0.172. The Kier molecular flexibility index (Phi) is 5.73. The number of hydrogen-bond acceptors (Lipinski definition) is 3. The van der Waals surface area contributed by atoms with Gasteiger partial charge in [-0.1, -0.05) is 13.8 Å². The molecule has 0 amide bonds. The normalized spacial score (nSPS) is 10.4. The Labute approximate surface area is 66.6 Å². The smallest absolute Gasteiger partial charge is 0.145 e. The second-order valence-electron chi connectivity index (χ2n) is 2.46. The Morgan fingerprint density at radius 2 is 2.20 bits per heavy atom. The van der Waals surface area contributed by atoms with Gasteiger partial charge in [-0.15, -0.1) is 0 Å². The summed E-state index contributed by atoms with van der Waals surface area (Å²) in [4.78, 5) is 11.0. The highest BCUT2D eigenvalue weighted by atomic mass is 32.2. The van der Waals surface area contributed by atoms with Crippen LogP contribution in [-0.4, -0.2) is 23.8 Å². The third-order valence-electron chi connectivity index (χ3n) is 1.15. The number of hydrogen-bond donors (Lipinski definition) is 1. The quantitative estimate of drug-likeness (QED) is 0.609. The Morgan fingerprint density at radius 3 is 2.60 bits per heavy atom. The zero-order valence-corrected chi connectivity index (χ0v) is 7.41. The van der Waals surface area contributed by atoms with Crippen molar-refractivity contribution in [3.63, 3.8) is 0 Å². The zero-order valence-electron chi connectivity index (χ0n) is 6.59. The average molecular weight is 161 g/mol. The van der Waals surface area contributed by atoms with Crippen molar-refractivity contribution in [3.8, 4) is 0 Å². The molecule has 3 heteroatoms. The molecule has 2 N–H and O–H groups in total. The molecule has 0 aliphatic heterocycles. The molecule has 60 valence electrons. The van der Waals surface area contributed by atoms with Gasteiger partial charge in [-0.05, 0) is 0 Å². The number of carbonyl (C=O) groups is 1. The summed E-state index contributed by atoms with van der Waals surface area (Å²) in [6.45, 7) is 4.51. The summed E-state index contributed by atoms with van der Waals surface area (Å²) >= 11 is 1.62. The SMILES string of the molecule is CC(C)C(=O)CSCCN. The minimum Gasteiger partial charge on any atom is -0.330 e. The van der Waals surface area contributed by atoms with Gasteiger partial charge >= 0.3 is 0 Å². The van der Waals surface area contributed by atoms with Crippen molar-refractivity contribution in [2.24, 2.45) is 11.7 Å². The lowest BCUT2D eigenvalue weighted by molar-refractivity contribution is -0.119. The number of nitrogens with two attached hydrogens (primary N) is 1. The maximum Gasteiger partial charge on any atom is 0.145 e. The van der Waals surface area contributed by atoms with Gasteiger partial charge in [0.25, 0.3) is 0 Å². The molecule has 0 fully saturated rings. The molecule has 0 atom stereocenters. The Balaban J connectivity index is 3.22. The van der Waals surface area contributed by atoms with Gasteiger partial charge in [0, 0.05) is 18.2 Å². The van der Waals surface area contributed by atoms with Gasteiger partial charge in [0.2, 0.25) is 0 Å². The molecule has 0 aliphatic carbocycles. The van der Waals surface area contributed by atoms with Gasteiger partial charge in [0.15, 0.2) is 0 Å². The molecule has 0 radical (unpaired) electrons. The van der Waals surface area contributed by atoms with E-state index in [1.807, 2.05) is 13.8 Å². The average Bonchev–Trinajstić information content (AvgIpc) is 1.88. The molecule has 0 bridgehead atoms. The van der Waals surface area contributed by atoms with Crippen LogP contribution < -0.4 is 5.73 Å². The molecule has 0 aromatic carbocycles. The fourth-order valence-electron chi connectivity index (χ4n) is 0.423. The van der Waals surface area contributed by atoms with E-state index in [1.54, 1.807) is 11.8 Å². The first kappa shape index (κ1) is 9.98. The molecule has 0 aromatic heterocycles. The lowest BCUT2D eigenvalue weighted by Crippen LogP contribution is -2.11. The molecule has 0 unspecified atom stereocenters. The van der Waals surface area contributed by atoms with E-state index in [4.69, 9.17) is 5.73 Å². The lowest BCUT2D eigenvalue weighted by Gasteiger charge is -2.01. The Bertz CT molecular complexity index is 104. The molecule has 0 spiro atoms. The number of ketones is 1. The van der Waals surface area contributed by atoms with Crippen molar-refractivity contribution in [2.75, 3.05) is 18.1 Å². The first-order chi connectivity index (χ1) is 4.68. The van der Waals surface area contributed by atoms with Crippen LogP contribution >= 0.6 is 11.8 Å². The maximum absolute atomic E-state index is 11.0. The highest BCUT2D eigenvalue weighted by Gasteiger charge is 2.05. The van der Waals surface area contributed by atoms with Crippen molar-refractivity contribution < 1.29 is 4.79 Å². The van der Waals surface area contributed by atoms with Crippen LogP contribution in [0.15, 0.2) is 0 Å². The third kappa shape index (κ3) is 4.82. The van der Waals surface area contributed by atoms with Crippen molar-refractivity contribution in [1.29, 1.82) is 0 Å². The standard InChI is InChI=1S/C7H15NOS/c1-6(2)7(9)5-10-4-3-8/h6H,3-5,8H2,1-2H3. The lowest BCUT2D eigenvalue weighted by atomic mass is 10.1. The molecular formula is C7H15NOS. The summed E-state index contributed by atoms with van der Waals surface area (Å²) in [6, 6.07) is 0. The third-order valence-corrected chi connectivity index (χ3v) is 2.16. The van der Waals surface area contributed by atoms with Crippen molar-refractivity contribution in [1.82, 2.24) is 0 Å². The second kappa shape index (κ2) is 5.74. The molecule has 0 rings (SSSR count). The van der Waals surface area contributed by atoms with Crippen LogP contribution in [0.1, 0.15) is 13.8 Å². The van der Waals surface area contributed by atoms with Crippen LogP contribution in [0.2, 0.25) is 0 Å². The van der Waals surface area contributed by atoms with Gasteiger partial charge in [-0.25, -0.2) is 0 Å². The highest BCUT2D eigenvalue weighted by molar-refractivity contribution is 7.99. The van der Waals surface area contributed by atoms with Crippen LogP contribution in [0.5, 0.6) is 0 Å². The molecule has 0 aliphatic rings. The molecular weight excluding hydrogens is 146 g/mol. The van der Waals surface area contributed by atoms with Crippen molar-refractivity contribution in [2.45, 2.75) is 13.8 Å². The Hall–Kier alpha value is -0.0200. The minimum absolute atomic E-state index is 0.172. The van der Waals surface area contributed by atoms with Gasteiger partial charge in [0.1, 0.15) is 5.78 Å². The summed E-state index contributed by atoms with van der Waals surface area (Å²) in [5.74, 6) is 2.00. The van der Waals surface area contributed by atoms with Crippen LogP contribution in [0.25, 0.3) is 0 Å². The largest absolute Gasteiger partial charge is 0.330 e. The van der Waals surface area contributed by atoms with E-state index < -0.39 is 0 Å². The molecule has 10 heavy (non-hydrogen) atoms. The number of Topliss-reactive ketones (excluding diaryl/α,β-unsaturated/α-hetero) is 1. The molecule has 0 aromatic rings. The van der Waals surface area contributed by atoms with E-state index in [-0.39, 0.29) is 5.92 Å². The van der Waals surface area contributed by atoms with E-state index >= 15 is 0 Å². The zero-order chi connectivity index (χ0) is 7.98. The van der Waals surface area contributed by atoms with Gasteiger partial charge in [-0.2, -0.15) is 11.8 Å². The summed E-state index contributed by atoms with van der Waals surface area (Å²) in [5.41, 5.74) is 5.26. The van der Waals surface area contributed by atoms with E-state index in [1.165, 1.54) is 0 Å². The summed E-state index contributed by atoms with van der Waals surface area (Å²) in [5, 5.41) is 0. The fourth-order valence-corrected chi connectivity index (χ4v) is 1.27. The first-order valence-electron chi connectivity index (χ1n) is 3.49. The summed E-state index contributed by atoms with van der Waals surface area (Å²) in [6.07, 6.45) is 0. The number of carbonyl (C=O) groups excluding carboxylic acids is 1. The topological polar surface area (TPSA) is 43.1 Å². The van der Waals surface area contributed by atoms with Crippen LogP contribution in [0.3, 0.4) is 0 Å². The van der Waals surface area contributed by atoms with E-state index in [9.17, 15) is 4.79 Å². The maximum atomic E-state index is 11.0. The molecule has 0 saturated heterocycles. The van der Waals surface area contributed by atoms with E-state index in [0.717, 1.165) is 5.75 Å². The predicted molar refractivity (Wildman–Crippen MR) is 46.2 cm³/mol. The molecule has 0 heterocycles. The van der Waals surface area contributed by atoms with Gasteiger partial charge in [-0.3, -0.25) is 4.79 Å². The van der Waals surface area contributed by atoms with Crippen molar-refractivity contribution in [3.05, 3.63) is 0 Å². The van der Waals surface area contributed by atoms with E-state index in [2.05, 4.69) is 0 Å². The monoisotopic (exact) mass is 161 g/mol. The van der Waals surface area contributed by atoms with Gasteiger partial charge < -0.3 is 5.73 Å². The van der Waals surface area contributed by atoms with E-state index in [0.29, 0.717) is 18.1 Å². The molecule has 2 nitrogen and oxygen atoms in total. The molecule has 0 saturated carbocycles. The second-order valence-corrected chi connectivity index (χ2v) is 3.57. The first-order valence-corrected chi connectivity index (χ1v) is 4.64. The highest BCUT2D eigenvalue weighted by Crippen LogP contribution is 2.03. The van der Waals surface area contributed by atoms with Crippen molar-refractivity contribution >= 4 is 17.5 Å². The van der Waals surface area contributed by atoms with Crippen LogP contribution in [0.4, 0.5) is 0 Å².